The summed E-state index contributed by atoms with van der Waals surface area (Å²) < 4.78 is 16.2. The highest BCUT2D eigenvalue weighted by Gasteiger charge is 2.54. The molecule has 3 fully saturated rings. The number of hydrogen-bond donors (Lipinski definition) is 0. The van der Waals surface area contributed by atoms with Crippen molar-refractivity contribution in [3.63, 3.8) is 0 Å². The Labute approximate surface area is 69.8 Å². The number of rotatable bonds is 0. The number of hydrogen-bond acceptors (Lipinski definition) is 4. The predicted octanol–water partition coefficient (Wildman–Crippen LogP) is -0.142. The van der Waals surface area contributed by atoms with Gasteiger partial charge in [0.15, 0.2) is 6.10 Å². The molecule has 0 radical (unpaired) electrons. The Hall–Kier alpha value is -0.610. The molecule has 3 heterocycles. The van der Waals surface area contributed by atoms with Gasteiger partial charge in [-0.05, 0) is 6.42 Å². The van der Waals surface area contributed by atoms with Crippen LogP contribution >= 0.6 is 0 Å². The van der Waals surface area contributed by atoms with E-state index < -0.39 is 0 Å². The Morgan fingerprint density at radius 2 is 2.17 bits per heavy atom. The second kappa shape index (κ2) is 2.20. The Balaban J connectivity index is 1.84. The molecule has 3 rings (SSSR count). The van der Waals surface area contributed by atoms with E-state index >= 15 is 0 Å². The summed E-state index contributed by atoms with van der Waals surface area (Å²) >= 11 is 0. The molecule has 4 unspecified atom stereocenters. The van der Waals surface area contributed by atoms with Crippen LogP contribution in [0.1, 0.15) is 12.8 Å². The van der Waals surface area contributed by atoms with Crippen LogP contribution in [-0.2, 0) is 19.0 Å². The van der Waals surface area contributed by atoms with Crippen molar-refractivity contribution in [2.24, 2.45) is 0 Å². The molecule has 4 atom stereocenters. The third-order valence-electron chi connectivity index (χ3n) is 2.75. The van der Waals surface area contributed by atoms with Crippen LogP contribution in [0.15, 0.2) is 0 Å². The molecular weight excluding hydrogens is 160 g/mol. The summed E-state index contributed by atoms with van der Waals surface area (Å²) in [7, 11) is 0. The zero-order valence-electron chi connectivity index (χ0n) is 6.56. The molecule has 3 saturated heterocycles. The van der Waals surface area contributed by atoms with E-state index in [9.17, 15) is 4.79 Å². The summed E-state index contributed by atoms with van der Waals surface area (Å²) in [5.74, 6) is -0.154. The van der Waals surface area contributed by atoms with Crippen LogP contribution in [0.4, 0.5) is 0 Å². The molecule has 4 nitrogen and oxygen atoms in total. The minimum Gasteiger partial charge on any atom is -0.457 e. The Kier molecular flexibility index (Phi) is 1.26. The summed E-state index contributed by atoms with van der Waals surface area (Å²) in [6, 6.07) is 0. The minimum absolute atomic E-state index is 0.0152. The molecule has 3 aliphatic rings. The Morgan fingerprint density at radius 1 is 1.25 bits per heavy atom. The summed E-state index contributed by atoms with van der Waals surface area (Å²) in [4.78, 5) is 10.9. The van der Waals surface area contributed by atoms with Gasteiger partial charge >= 0.3 is 5.97 Å². The molecule has 0 aliphatic carbocycles. The predicted molar refractivity (Wildman–Crippen MR) is 37.5 cm³/mol. The maximum Gasteiger partial charge on any atom is 0.309 e. The molecule has 4 heteroatoms. The Morgan fingerprint density at radius 3 is 3.08 bits per heavy atom. The topological polar surface area (TPSA) is 44.8 Å². The van der Waals surface area contributed by atoms with Gasteiger partial charge in [0.05, 0.1) is 12.5 Å². The maximum atomic E-state index is 10.9. The second-order valence-electron chi connectivity index (χ2n) is 3.50. The third kappa shape index (κ3) is 0.765. The molecule has 0 amide bonds. The molecular formula is C8H10O4. The van der Waals surface area contributed by atoms with Gasteiger partial charge in [-0.3, -0.25) is 4.79 Å². The van der Waals surface area contributed by atoms with Crippen LogP contribution in [0.25, 0.3) is 0 Å². The number of fused-ring (bicyclic) bond motifs is 3. The van der Waals surface area contributed by atoms with Crippen LogP contribution in [0.2, 0.25) is 0 Å². The molecule has 0 saturated carbocycles. The highest BCUT2D eigenvalue weighted by molar-refractivity contribution is 5.73. The zero-order valence-corrected chi connectivity index (χ0v) is 6.56. The van der Waals surface area contributed by atoms with Crippen molar-refractivity contribution in [3.8, 4) is 0 Å². The number of carbonyl (C=O) groups excluding carboxylic acids is 1. The van der Waals surface area contributed by atoms with Crippen molar-refractivity contribution in [1.82, 2.24) is 0 Å². The lowest BCUT2D eigenvalue weighted by Gasteiger charge is -2.12. The van der Waals surface area contributed by atoms with Gasteiger partial charge in [-0.1, -0.05) is 0 Å². The van der Waals surface area contributed by atoms with Crippen LogP contribution in [0, 0.1) is 0 Å². The van der Waals surface area contributed by atoms with Crippen molar-refractivity contribution in [2.75, 3.05) is 6.61 Å². The smallest absolute Gasteiger partial charge is 0.309 e. The van der Waals surface area contributed by atoms with E-state index in [-0.39, 0.29) is 30.4 Å². The van der Waals surface area contributed by atoms with Gasteiger partial charge < -0.3 is 14.2 Å². The second-order valence-corrected chi connectivity index (χ2v) is 3.50. The van der Waals surface area contributed by atoms with Crippen molar-refractivity contribution in [2.45, 2.75) is 37.3 Å². The fourth-order valence-corrected chi connectivity index (χ4v) is 2.23. The van der Waals surface area contributed by atoms with E-state index in [1.807, 2.05) is 0 Å². The average molecular weight is 170 g/mol. The van der Waals surface area contributed by atoms with E-state index in [1.165, 1.54) is 0 Å². The van der Waals surface area contributed by atoms with Crippen molar-refractivity contribution < 1.29 is 19.0 Å². The first-order valence-corrected chi connectivity index (χ1v) is 4.31. The average Bonchev–Trinajstić information content (AvgIpc) is 2.59. The van der Waals surface area contributed by atoms with E-state index in [4.69, 9.17) is 14.2 Å². The van der Waals surface area contributed by atoms with Gasteiger partial charge in [-0.25, -0.2) is 0 Å². The summed E-state index contributed by atoms with van der Waals surface area (Å²) in [5.41, 5.74) is 0. The Bertz CT molecular complexity index is 227. The number of ether oxygens (including phenoxy) is 3. The molecule has 0 aromatic heterocycles. The van der Waals surface area contributed by atoms with Gasteiger partial charge in [-0.2, -0.15) is 0 Å². The lowest BCUT2D eigenvalue weighted by Crippen LogP contribution is -2.29. The highest BCUT2D eigenvalue weighted by atomic mass is 16.6. The first kappa shape index (κ1) is 6.86. The van der Waals surface area contributed by atoms with Gasteiger partial charge in [-0.15, -0.1) is 0 Å². The molecule has 0 spiro atoms. The third-order valence-corrected chi connectivity index (χ3v) is 2.75. The lowest BCUT2D eigenvalue weighted by molar-refractivity contribution is -0.145. The van der Waals surface area contributed by atoms with Crippen LogP contribution in [0.5, 0.6) is 0 Å². The number of carbonyl (C=O) groups is 1. The summed E-state index contributed by atoms with van der Waals surface area (Å²) in [6.45, 7) is 0.732. The highest BCUT2D eigenvalue weighted by Crippen LogP contribution is 2.37. The standard InChI is InChI=1S/C8H10O4/c9-6-3-5-8(12-6)7-4(11-5)1-2-10-7/h4-5,7-8H,1-3H2. The van der Waals surface area contributed by atoms with Gasteiger partial charge in [0, 0.05) is 6.61 Å². The normalized spacial score (nSPS) is 50.5. The quantitative estimate of drug-likeness (QED) is 0.474. The zero-order chi connectivity index (χ0) is 8.13. The van der Waals surface area contributed by atoms with Crippen molar-refractivity contribution in [1.29, 1.82) is 0 Å². The molecule has 12 heavy (non-hydrogen) atoms. The van der Waals surface area contributed by atoms with E-state index in [0.29, 0.717) is 6.42 Å². The van der Waals surface area contributed by atoms with E-state index in [1.54, 1.807) is 0 Å². The molecule has 3 aliphatic heterocycles. The lowest BCUT2D eigenvalue weighted by atomic mass is 10.1. The molecule has 66 valence electrons. The van der Waals surface area contributed by atoms with Crippen molar-refractivity contribution >= 4 is 5.97 Å². The summed E-state index contributed by atoms with van der Waals surface area (Å²) in [5, 5.41) is 0. The fourth-order valence-electron chi connectivity index (χ4n) is 2.23. The van der Waals surface area contributed by atoms with E-state index in [0.717, 1.165) is 13.0 Å². The van der Waals surface area contributed by atoms with E-state index in [2.05, 4.69) is 0 Å². The molecule has 0 N–H and O–H groups in total. The van der Waals surface area contributed by atoms with Gasteiger partial charge in [0.25, 0.3) is 0 Å². The van der Waals surface area contributed by atoms with Gasteiger partial charge in [0.1, 0.15) is 12.2 Å². The molecule has 0 bridgehead atoms. The van der Waals surface area contributed by atoms with Gasteiger partial charge in [0.2, 0.25) is 0 Å². The number of esters is 1. The first-order valence-electron chi connectivity index (χ1n) is 4.31. The summed E-state index contributed by atoms with van der Waals surface area (Å²) in [6.07, 6.45) is 1.38. The maximum absolute atomic E-state index is 10.9. The molecule has 0 aromatic carbocycles. The van der Waals surface area contributed by atoms with Crippen LogP contribution < -0.4 is 0 Å². The minimum atomic E-state index is -0.154. The SMILES string of the molecule is O=C1CC2OC3CCOC3C2O1. The largest absolute Gasteiger partial charge is 0.457 e. The van der Waals surface area contributed by atoms with Crippen LogP contribution in [0.3, 0.4) is 0 Å². The van der Waals surface area contributed by atoms with Crippen LogP contribution in [-0.4, -0.2) is 37.0 Å². The van der Waals surface area contributed by atoms with Crippen molar-refractivity contribution in [3.05, 3.63) is 0 Å². The monoisotopic (exact) mass is 170 g/mol. The molecule has 0 aromatic rings. The first-order chi connectivity index (χ1) is 5.84. The fraction of sp³-hybridized carbons (Fsp3) is 0.875.